The van der Waals surface area contributed by atoms with Crippen molar-refractivity contribution in [3.05, 3.63) is 53.7 Å². The highest BCUT2D eigenvalue weighted by Gasteiger charge is 2.40. The Bertz CT molecular complexity index is 1470. The second-order valence-electron chi connectivity index (χ2n) is 11.6. The van der Waals surface area contributed by atoms with Crippen molar-refractivity contribution in [1.29, 1.82) is 0 Å². The fraction of sp³-hybridized carbons (Fsp3) is 0.485. The molecule has 248 valence electrons. The highest BCUT2D eigenvalue weighted by Crippen LogP contribution is 2.39. The van der Waals surface area contributed by atoms with Crippen molar-refractivity contribution in [2.24, 2.45) is 0 Å². The topological polar surface area (TPSA) is 133 Å². The third kappa shape index (κ3) is 6.56. The number of urea groups is 2. The zero-order valence-corrected chi connectivity index (χ0v) is 27.0. The van der Waals surface area contributed by atoms with Gasteiger partial charge in [0.2, 0.25) is 5.91 Å². The lowest BCUT2D eigenvalue weighted by molar-refractivity contribution is -0.133. The van der Waals surface area contributed by atoms with Crippen LogP contribution in [0.15, 0.2) is 42.6 Å². The van der Waals surface area contributed by atoms with E-state index in [4.69, 9.17) is 18.9 Å². The second kappa shape index (κ2) is 14.3. The van der Waals surface area contributed by atoms with E-state index in [0.717, 1.165) is 17.0 Å². The van der Waals surface area contributed by atoms with E-state index in [-0.39, 0.29) is 31.1 Å². The summed E-state index contributed by atoms with van der Waals surface area (Å²) in [6, 6.07) is 9.73. The number of nitrogens with one attached hydrogen (secondary N) is 1. The molecule has 0 spiro atoms. The molecule has 2 aromatic rings. The zero-order valence-electron chi connectivity index (χ0n) is 27.0. The minimum absolute atomic E-state index is 0.0237. The number of carbonyl (C=O) groups excluding carboxylic acids is 3. The number of hydrogen-bond donors (Lipinski definition) is 2. The number of carbonyl (C=O) groups is 3. The van der Waals surface area contributed by atoms with Crippen LogP contribution in [0.5, 0.6) is 17.2 Å². The summed E-state index contributed by atoms with van der Waals surface area (Å²) in [5.74, 6) is 1.39. The maximum absolute atomic E-state index is 13.7. The summed E-state index contributed by atoms with van der Waals surface area (Å²) in [5.41, 5.74) is 2.72. The average molecular weight is 638 g/mol. The van der Waals surface area contributed by atoms with Gasteiger partial charge in [-0.1, -0.05) is 12.1 Å². The third-order valence-electron chi connectivity index (χ3n) is 8.90. The first kappa shape index (κ1) is 32.9. The highest BCUT2D eigenvalue weighted by molar-refractivity contribution is 5.92. The van der Waals surface area contributed by atoms with Gasteiger partial charge in [0.05, 0.1) is 34.0 Å². The van der Waals surface area contributed by atoms with E-state index in [1.54, 1.807) is 37.1 Å². The monoisotopic (exact) mass is 637 g/mol. The van der Waals surface area contributed by atoms with Crippen molar-refractivity contribution >= 4 is 29.2 Å². The molecule has 0 bridgehead atoms. The number of para-hydroxylation sites is 1. The van der Waals surface area contributed by atoms with E-state index < -0.39 is 18.3 Å². The predicted octanol–water partition coefficient (Wildman–Crippen LogP) is 3.23. The molecule has 3 aliphatic heterocycles. The van der Waals surface area contributed by atoms with Crippen LogP contribution >= 0.6 is 0 Å². The Kier molecular flexibility index (Phi) is 10.2. The Labute approximate surface area is 269 Å². The van der Waals surface area contributed by atoms with Crippen molar-refractivity contribution in [3.8, 4) is 17.2 Å². The van der Waals surface area contributed by atoms with Crippen LogP contribution < -0.4 is 19.5 Å². The van der Waals surface area contributed by atoms with Gasteiger partial charge in [0.15, 0.2) is 17.7 Å². The number of amides is 5. The number of ether oxygens (including phenoxy) is 4. The van der Waals surface area contributed by atoms with Crippen LogP contribution in [0, 0.1) is 0 Å². The highest BCUT2D eigenvalue weighted by atomic mass is 16.5. The van der Waals surface area contributed by atoms with Crippen molar-refractivity contribution in [2.75, 3.05) is 66.5 Å². The van der Waals surface area contributed by atoms with Gasteiger partial charge in [0, 0.05) is 55.8 Å². The number of benzene rings is 2. The Morgan fingerprint density at radius 3 is 2.46 bits per heavy atom. The minimum atomic E-state index is -1.31. The number of anilines is 1. The van der Waals surface area contributed by atoms with Gasteiger partial charge < -0.3 is 39.2 Å². The van der Waals surface area contributed by atoms with Gasteiger partial charge in [0.25, 0.3) is 0 Å². The van der Waals surface area contributed by atoms with Crippen molar-refractivity contribution in [3.63, 3.8) is 0 Å². The number of nitrogens with zero attached hydrogens (tertiary/aromatic N) is 4. The van der Waals surface area contributed by atoms with Gasteiger partial charge in [-0.2, -0.15) is 0 Å². The number of aliphatic hydroxyl groups is 1. The van der Waals surface area contributed by atoms with Crippen LogP contribution in [0.3, 0.4) is 0 Å². The molecular weight excluding hydrogens is 594 g/mol. The molecular formula is C33H43N5O8. The molecule has 0 aromatic heterocycles. The molecule has 13 nitrogen and oxygen atoms in total. The number of hydrogen-bond acceptors (Lipinski definition) is 8. The first-order valence-corrected chi connectivity index (χ1v) is 15.4. The van der Waals surface area contributed by atoms with Crippen LogP contribution in [-0.4, -0.2) is 122 Å². The van der Waals surface area contributed by atoms with Crippen molar-refractivity contribution in [1.82, 2.24) is 19.6 Å². The molecule has 5 amide bonds. The van der Waals surface area contributed by atoms with E-state index >= 15 is 0 Å². The minimum Gasteiger partial charge on any atom is -0.497 e. The molecule has 0 saturated carbocycles. The number of aliphatic hydroxyl groups excluding tert-OH is 1. The Morgan fingerprint density at radius 2 is 1.78 bits per heavy atom. The standard InChI is InChI=1S/C33H43N5O8/c1-21(20-43-2)38-31(40)26(25-7-6-8-28(45-4)30(25)46-5)18-36(33(38)42)19-29(39)35-14-12-23(13-15-35)37-16-11-22-17-24(44-3)9-10-27(22)34-32(37)41/h6-10,17-18,21,23,31,40H,11-16,19-20H2,1-5H3,(H,34,41)/t21-,31?/m0/s1. The summed E-state index contributed by atoms with van der Waals surface area (Å²) in [5, 5.41) is 14.5. The molecule has 0 radical (unpaired) electrons. The summed E-state index contributed by atoms with van der Waals surface area (Å²) in [7, 11) is 6.17. The van der Waals surface area contributed by atoms with Crippen LogP contribution in [0.1, 0.15) is 30.9 Å². The Hall–Kier alpha value is -4.49. The number of fused-ring (bicyclic) bond motifs is 1. The Balaban J connectivity index is 1.30. The SMILES string of the molecule is COC[C@H](C)N1C(=O)N(CC(=O)N2CCC(N3CCc4cc(OC)ccc4NC3=O)CC2)C=C(c2cccc(OC)c2OC)C1O. The van der Waals surface area contributed by atoms with Crippen LogP contribution in [0.4, 0.5) is 15.3 Å². The van der Waals surface area contributed by atoms with Crippen molar-refractivity contribution in [2.45, 2.75) is 44.5 Å². The van der Waals surface area contributed by atoms with E-state index in [0.29, 0.717) is 61.5 Å². The number of piperidine rings is 1. The normalized spacial score (nSPS) is 19.6. The molecule has 2 atom stereocenters. The lowest BCUT2D eigenvalue weighted by Gasteiger charge is -2.42. The summed E-state index contributed by atoms with van der Waals surface area (Å²) in [4.78, 5) is 46.7. The lowest BCUT2D eigenvalue weighted by atomic mass is 10.00. The number of methoxy groups -OCH3 is 4. The van der Waals surface area contributed by atoms with E-state index in [1.807, 2.05) is 23.1 Å². The van der Waals surface area contributed by atoms with Crippen molar-refractivity contribution < 1.29 is 38.4 Å². The van der Waals surface area contributed by atoms with Gasteiger partial charge in [-0.3, -0.25) is 14.6 Å². The smallest absolute Gasteiger partial charge is 0.327 e. The number of rotatable bonds is 10. The van der Waals surface area contributed by atoms with Gasteiger partial charge in [-0.05, 0) is 56.0 Å². The molecule has 2 N–H and O–H groups in total. The van der Waals surface area contributed by atoms with Crippen LogP contribution in [0.2, 0.25) is 0 Å². The van der Waals surface area contributed by atoms with Gasteiger partial charge in [-0.25, -0.2) is 9.59 Å². The molecule has 46 heavy (non-hydrogen) atoms. The molecule has 1 fully saturated rings. The fourth-order valence-electron chi connectivity index (χ4n) is 6.46. The second-order valence-corrected chi connectivity index (χ2v) is 11.6. The molecule has 13 heteroatoms. The van der Waals surface area contributed by atoms with E-state index in [2.05, 4.69) is 5.32 Å². The summed E-state index contributed by atoms with van der Waals surface area (Å²) < 4.78 is 21.7. The molecule has 2 aromatic carbocycles. The molecule has 0 aliphatic carbocycles. The molecule has 3 aliphatic rings. The largest absolute Gasteiger partial charge is 0.497 e. The lowest BCUT2D eigenvalue weighted by Crippen LogP contribution is -2.57. The van der Waals surface area contributed by atoms with E-state index in [9.17, 15) is 19.5 Å². The third-order valence-corrected chi connectivity index (χ3v) is 8.90. The first-order valence-electron chi connectivity index (χ1n) is 15.4. The average Bonchev–Trinajstić information content (AvgIpc) is 3.23. The Morgan fingerprint density at radius 1 is 1.02 bits per heavy atom. The maximum atomic E-state index is 13.7. The fourth-order valence-corrected chi connectivity index (χ4v) is 6.46. The summed E-state index contributed by atoms with van der Waals surface area (Å²) >= 11 is 0. The number of likely N-dealkylation sites (tertiary alicyclic amines) is 1. The zero-order chi connectivity index (χ0) is 33.0. The quantitative estimate of drug-likeness (QED) is 0.406. The van der Waals surface area contributed by atoms with Gasteiger partial charge >= 0.3 is 12.1 Å². The molecule has 5 rings (SSSR count). The molecule has 3 heterocycles. The van der Waals surface area contributed by atoms with E-state index in [1.165, 1.54) is 37.3 Å². The summed E-state index contributed by atoms with van der Waals surface area (Å²) in [6.45, 7) is 3.19. The maximum Gasteiger partial charge on any atom is 0.327 e. The molecule has 1 unspecified atom stereocenters. The first-order chi connectivity index (χ1) is 22.2. The summed E-state index contributed by atoms with van der Waals surface area (Å²) in [6.07, 6.45) is 2.12. The van der Waals surface area contributed by atoms with Crippen LogP contribution in [-0.2, 0) is 16.0 Å². The predicted molar refractivity (Wildman–Crippen MR) is 171 cm³/mol. The molecule has 1 saturated heterocycles. The van der Waals surface area contributed by atoms with Gasteiger partial charge in [-0.15, -0.1) is 0 Å². The van der Waals surface area contributed by atoms with Gasteiger partial charge in [0.1, 0.15) is 12.3 Å². The van der Waals surface area contributed by atoms with Crippen LogP contribution in [0.25, 0.3) is 5.57 Å².